The highest BCUT2D eigenvalue weighted by Crippen LogP contribution is 2.36. The predicted molar refractivity (Wildman–Crippen MR) is 106 cm³/mol. The number of fused-ring (bicyclic) bond motifs is 1. The number of aldehydes is 1. The summed E-state index contributed by atoms with van der Waals surface area (Å²) in [5.41, 5.74) is -0.504. The molecule has 0 atom stereocenters. The molecule has 3 rings (SSSR count). The van der Waals surface area contributed by atoms with Gasteiger partial charge in [0.15, 0.2) is 22.4 Å². The number of rotatable bonds is 6. The number of nitrogens with zero attached hydrogens (tertiary/aromatic N) is 2. The van der Waals surface area contributed by atoms with Gasteiger partial charge in [0.25, 0.3) is 15.9 Å². The van der Waals surface area contributed by atoms with E-state index >= 15 is 0 Å². The second-order valence-electron chi connectivity index (χ2n) is 6.24. The monoisotopic (exact) mass is 435 g/mol. The number of benzene rings is 1. The first kappa shape index (κ1) is 20.7. The van der Waals surface area contributed by atoms with Crippen molar-refractivity contribution in [2.75, 3.05) is 12.4 Å². The molecule has 0 radical (unpaired) electrons. The third-order valence-electron chi connectivity index (χ3n) is 4.28. The fraction of sp³-hybridized carbons (Fsp3) is 0.222. The van der Waals surface area contributed by atoms with Gasteiger partial charge in [0.2, 0.25) is 0 Å². The van der Waals surface area contributed by atoms with Crippen LogP contribution in [-0.2, 0) is 19.6 Å². The van der Waals surface area contributed by atoms with Crippen molar-refractivity contribution in [1.29, 1.82) is 0 Å². The minimum Gasteiger partial charge on any atom is -0.505 e. The molecule has 152 valence electrons. The third kappa shape index (κ3) is 3.78. The topological polar surface area (TPSA) is 134 Å². The van der Waals surface area contributed by atoms with E-state index in [4.69, 9.17) is 0 Å². The van der Waals surface area contributed by atoms with Crippen molar-refractivity contribution < 1.29 is 27.9 Å². The Morgan fingerprint density at radius 1 is 1.34 bits per heavy atom. The summed E-state index contributed by atoms with van der Waals surface area (Å²) in [6.07, 6.45) is 2.13. The van der Waals surface area contributed by atoms with Gasteiger partial charge in [0.05, 0.1) is 4.90 Å². The van der Waals surface area contributed by atoms with Crippen LogP contribution in [-0.4, -0.2) is 47.8 Å². The Balaban J connectivity index is 2.07. The summed E-state index contributed by atoms with van der Waals surface area (Å²) in [4.78, 5) is 39.9. The van der Waals surface area contributed by atoms with Crippen molar-refractivity contribution in [1.82, 2.24) is 9.29 Å². The number of aromatic nitrogens is 1. The van der Waals surface area contributed by atoms with Gasteiger partial charge in [-0.05, 0) is 19.1 Å². The average Bonchev–Trinajstić information content (AvgIpc) is 3.09. The van der Waals surface area contributed by atoms with Crippen LogP contribution in [0.15, 0.2) is 35.0 Å². The van der Waals surface area contributed by atoms with Crippen LogP contribution in [0.2, 0.25) is 0 Å². The number of carbonyl (C=O) groups excluding carboxylic acids is 3. The highest BCUT2D eigenvalue weighted by Gasteiger charge is 2.38. The van der Waals surface area contributed by atoms with E-state index in [1.54, 1.807) is 13.1 Å². The first-order valence-electron chi connectivity index (χ1n) is 8.44. The minimum absolute atomic E-state index is 0.0274. The number of hydrogen-bond donors (Lipinski definition) is 2. The minimum atomic E-state index is -4.12. The normalized spacial score (nSPS) is 15.0. The van der Waals surface area contributed by atoms with E-state index in [1.165, 1.54) is 29.5 Å². The molecular weight excluding hydrogens is 418 g/mol. The lowest BCUT2D eigenvalue weighted by molar-refractivity contribution is -0.113. The first-order valence-corrected chi connectivity index (χ1v) is 10.7. The number of aryl methyl sites for hydroxylation is 1. The van der Waals surface area contributed by atoms with Crippen molar-refractivity contribution in [3.05, 3.63) is 46.1 Å². The van der Waals surface area contributed by atoms with Gasteiger partial charge < -0.3 is 9.90 Å². The Kier molecular flexibility index (Phi) is 5.53. The van der Waals surface area contributed by atoms with Crippen LogP contribution in [0.25, 0.3) is 5.76 Å². The zero-order chi connectivity index (χ0) is 21.3. The van der Waals surface area contributed by atoms with Gasteiger partial charge >= 0.3 is 0 Å². The number of likely N-dealkylation sites (N-methyl/N-ethyl adjacent to an activating group) is 1. The number of aliphatic hydroxyl groups is 1. The summed E-state index contributed by atoms with van der Waals surface area (Å²) < 4.78 is 26.3. The summed E-state index contributed by atoms with van der Waals surface area (Å²) in [5, 5.41) is 13.4. The molecule has 1 aromatic heterocycles. The average molecular weight is 435 g/mol. The zero-order valence-corrected chi connectivity index (χ0v) is 17.1. The maximum Gasteiger partial charge on any atom is 0.278 e. The lowest BCUT2D eigenvalue weighted by atomic mass is 10.0. The fourth-order valence-corrected chi connectivity index (χ4v) is 4.85. The second kappa shape index (κ2) is 7.76. The standard InChI is InChI=1S/C18H17N3O6S2/c1-10-9-19-18(28-10)20-17(25)15-16(24)12-8-11(13(23)4-3-7-22)5-6-14(12)29(26,27)21(15)2/h5-9,24H,3-4H2,1-2H3,(H,19,20,25). The number of nitrogens with one attached hydrogen (secondary N) is 1. The van der Waals surface area contributed by atoms with Crippen LogP contribution in [0.1, 0.15) is 33.6 Å². The lowest BCUT2D eigenvalue weighted by Crippen LogP contribution is -2.37. The highest BCUT2D eigenvalue weighted by atomic mass is 32.2. The number of carbonyl (C=O) groups is 3. The van der Waals surface area contributed by atoms with Gasteiger partial charge in [0.1, 0.15) is 6.29 Å². The molecule has 0 saturated carbocycles. The Labute approximate surface area is 170 Å². The van der Waals surface area contributed by atoms with Gasteiger partial charge in [-0.15, -0.1) is 11.3 Å². The molecule has 11 heteroatoms. The molecule has 2 aromatic rings. The number of ketones is 1. The van der Waals surface area contributed by atoms with Crippen molar-refractivity contribution in [2.45, 2.75) is 24.7 Å². The van der Waals surface area contributed by atoms with Gasteiger partial charge in [-0.2, -0.15) is 0 Å². The Morgan fingerprint density at radius 2 is 2.07 bits per heavy atom. The Bertz CT molecular complexity index is 1150. The molecule has 0 fully saturated rings. The number of sulfonamides is 1. The molecule has 0 bridgehead atoms. The van der Waals surface area contributed by atoms with Crippen LogP contribution >= 0.6 is 11.3 Å². The smallest absolute Gasteiger partial charge is 0.278 e. The SMILES string of the molecule is Cc1cnc(NC(=O)C2=C(O)c3cc(C(=O)CCC=O)ccc3S(=O)(=O)N2C)s1. The summed E-state index contributed by atoms with van der Waals surface area (Å²) in [7, 11) is -2.97. The number of thiazole rings is 1. The van der Waals surface area contributed by atoms with E-state index in [-0.39, 0.29) is 39.8 Å². The molecule has 29 heavy (non-hydrogen) atoms. The molecule has 0 spiro atoms. The van der Waals surface area contributed by atoms with Gasteiger partial charge in [-0.1, -0.05) is 6.07 Å². The molecule has 2 N–H and O–H groups in total. The number of hydrogen-bond acceptors (Lipinski definition) is 8. The van der Waals surface area contributed by atoms with E-state index in [1.807, 2.05) is 0 Å². The summed E-state index contributed by atoms with van der Waals surface area (Å²) >= 11 is 1.19. The van der Waals surface area contributed by atoms with E-state index in [0.29, 0.717) is 10.6 Å². The predicted octanol–water partition coefficient (Wildman–Crippen LogP) is 2.11. The molecule has 1 aliphatic rings. The molecule has 0 saturated heterocycles. The second-order valence-corrected chi connectivity index (χ2v) is 9.41. The first-order chi connectivity index (χ1) is 13.7. The Morgan fingerprint density at radius 3 is 2.69 bits per heavy atom. The number of anilines is 1. The molecule has 1 aliphatic heterocycles. The molecule has 2 heterocycles. The third-order valence-corrected chi connectivity index (χ3v) is 6.92. The van der Waals surface area contributed by atoms with Gasteiger partial charge in [0, 0.05) is 42.1 Å². The van der Waals surface area contributed by atoms with E-state index < -0.39 is 27.4 Å². The molecule has 1 aromatic carbocycles. The number of Topliss-reactive ketones (excluding diaryl/α,β-unsaturated/α-hetero) is 1. The van der Waals surface area contributed by atoms with Crippen molar-refractivity contribution in [3.63, 3.8) is 0 Å². The summed E-state index contributed by atoms with van der Waals surface area (Å²) in [6.45, 7) is 1.79. The van der Waals surface area contributed by atoms with Crippen molar-refractivity contribution in [2.24, 2.45) is 0 Å². The van der Waals surface area contributed by atoms with Gasteiger partial charge in [-0.25, -0.2) is 13.4 Å². The zero-order valence-electron chi connectivity index (χ0n) is 15.5. The van der Waals surface area contributed by atoms with E-state index in [0.717, 1.165) is 11.9 Å². The number of amides is 1. The fourth-order valence-electron chi connectivity index (χ4n) is 2.81. The molecule has 9 nitrogen and oxygen atoms in total. The highest BCUT2D eigenvalue weighted by molar-refractivity contribution is 7.89. The summed E-state index contributed by atoms with van der Waals surface area (Å²) in [6, 6.07) is 3.72. The lowest BCUT2D eigenvalue weighted by Gasteiger charge is -2.28. The van der Waals surface area contributed by atoms with Gasteiger partial charge in [-0.3, -0.25) is 19.2 Å². The maximum absolute atomic E-state index is 12.8. The van der Waals surface area contributed by atoms with Crippen LogP contribution in [0.5, 0.6) is 0 Å². The summed E-state index contributed by atoms with van der Waals surface area (Å²) in [5.74, 6) is -1.81. The Hall–Kier alpha value is -3.05. The quantitative estimate of drug-likeness (QED) is 0.524. The van der Waals surface area contributed by atoms with Crippen molar-refractivity contribution >= 4 is 50.2 Å². The molecule has 0 unspecified atom stereocenters. The maximum atomic E-state index is 12.8. The van der Waals surface area contributed by atoms with Crippen molar-refractivity contribution in [3.8, 4) is 0 Å². The van der Waals surface area contributed by atoms with E-state index in [9.17, 15) is 27.9 Å². The van der Waals surface area contributed by atoms with Crippen LogP contribution in [0, 0.1) is 6.92 Å². The van der Waals surface area contributed by atoms with Crippen LogP contribution < -0.4 is 5.32 Å². The van der Waals surface area contributed by atoms with Crippen LogP contribution in [0.4, 0.5) is 5.13 Å². The molecule has 0 aliphatic carbocycles. The molecule has 1 amide bonds. The largest absolute Gasteiger partial charge is 0.505 e. The number of aliphatic hydroxyl groups excluding tert-OH is 1. The molecular formula is C18H17N3O6S2. The van der Waals surface area contributed by atoms with E-state index in [2.05, 4.69) is 10.3 Å². The van der Waals surface area contributed by atoms with Crippen LogP contribution in [0.3, 0.4) is 0 Å².